The highest BCUT2D eigenvalue weighted by Crippen LogP contribution is 2.30. The van der Waals surface area contributed by atoms with Crippen LogP contribution in [-0.4, -0.2) is 47.5 Å². The summed E-state index contributed by atoms with van der Waals surface area (Å²) in [5.41, 5.74) is 1.26. The maximum Gasteiger partial charge on any atom is 0.471 e. The number of hydrogen-bond donors (Lipinski definition) is 0. The minimum Gasteiger partial charge on any atom is -0.332 e. The molecule has 0 aromatic heterocycles. The van der Waals surface area contributed by atoms with Gasteiger partial charge in [-0.2, -0.15) is 13.2 Å². The smallest absolute Gasteiger partial charge is 0.332 e. The molecule has 0 unspecified atom stereocenters. The Hall–Kier alpha value is -1.64. The number of alkyl halides is 3. The Labute approximate surface area is 165 Å². The first-order chi connectivity index (χ1) is 12.9. The predicted molar refractivity (Wildman–Crippen MR) is 103 cm³/mol. The van der Waals surface area contributed by atoms with Crippen molar-refractivity contribution in [3.63, 3.8) is 0 Å². The zero-order chi connectivity index (χ0) is 19.3. The molecule has 8 heteroatoms. The summed E-state index contributed by atoms with van der Waals surface area (Å²) in [5.74, 6) is -0.862. The Morgan fingerprint density at radius 2 is 1.59 bits per heavy atom. The van der Waals surface area contributed by atoms with E-state index in [2.05, 4.69) is 24.3 Å². The van der Waals surface area contributed by atoms with E-state index >= 15 is 0 Å². The molecular weight excluding hydrogens is 393 g/mol. The molecule has 0 bridgehead atoms. The van der Waals surface area contributed by atoms with Crippen molar-refractivity contribution in [1.82, 2.24) is 9.21 Å². The molecule has 2 aromatic rings. The maximum absolute atomic E-state index is 12.5. The first kappa shape index (κ1) is 20.1. The molecule has 144 valence electrons. The standard InChI is InChI=1S/C19H19F3N2OS2/c20-19(21,22)18(25)23-9-11-24(12-10-23)27-17-8-4-7-16(13-17)26-14-15-5-2-1-3-6-15/h1-8,13H,9-12,14H2. The Kier molecular flexibility index (Phi) is 6.73. The summed E-state index contributed by atoms with van der Waals surface area (Å²) in [6, 6.07) is 18.3. The van der Waals surface area contributed by atoms with Crippen molar-refractivity contribution >= 4 is 29.6 Å². The van der Waals surface area contributed by atoms with Crippen LogP contribution in [0.1, 0.15) is 5.56 Å². The normalized spacial score (nSPS) is 15.7. The third-order valence-electron chi connectivity index (χ3n) is 4.06. The lowest BCUT2D eigenvalue weighted by atomic mass is 10.2. The molecule has 2 aromatic carbocycles. The first-order valence-electron chi connectivity index (χ1n) is 8.47. The molecule has 0 aliphatic carbocycles. The quantitative estimate of drug-likeness (QED) is 0.525. The Morgan fingerprint density at radius 3 is 2.26 bits per heavy atom. The number of amides is 1. The number of benzene rings is 2. The molecule has 3 rings (SSSR count). The summed E-state index contributed by atoms with van der Waals surface area (Å²) in [6.07, 6.45) is -4.79. The van der Waals surface area contributed by atoms with Crippen molar-refractivity contribution in [1.29, 1.82) is 0 Å². The summed E-state index contributed by atoms with van der Waals surface area (Å²) in [6.45, 7) is 1.00. The zero-order valence-corrected chi connectivity index (χ0v) is 16.1. The molecule has 3 nitrogen and oxygen atoms in total. The van der Waals surface area contributed by atoms with Crippen molar-refractivity contribution in [3.05, 3.63) is 60.2 Å². The lowest BCUT2D eigenvalue weighted by molar-refractivity contribution is -0.186. The number of piperazine rings is 1. The highest BCUT2D eigenvalue weighted by molar-refractivity contribution is 7.98. The summed E-state index contributed by atoms with van der Waals surface area (Å²) in [4.78, 5) is 14.4. The summed E-state index contributed by atoms with van der Waals surface area (Å²) < 4.78 is 39.5. The van der Waals surface area contributed by atoms with E-state index in [0.717, 1.165) is 20.4 Å². The van der Waals surface area contributed by atoms with Gasteiger partial charge in [0.05, 0.1) is 0 Å². The highest BCUT2D eigenvalue weighted by Gasteiger charge is 2.43. The van der Waals surface area contributed by atoms with Crippen LogP contribution in [0.3, 0.4) is 0 Å². The van der Waals surface area contributed by atoms with E-state index in [4.69, 9.17) is 0 Å². The van der Waals surface area contributed by atoms with Crippen LogP contribution in [0.2, 0.25) is 0 Å². The Morgan fingerprint density at radius 1 is 0.926 bits per heavy atom. The van der Waals surface area contributed by atoms with Gasteiger partial charge < -0.3 is 4.90 Å². The van der Waals surface area contributed by atoms with E-state index in [-0.39, 0.29) is 13.1 Å². The molecule has 0 N–H and O–H groups in total. The van der Waals surface area contributed by atoms with Crippen molar-refractivity contribution < 1.29 is 18.0 Å². The second-order valence-electron chi connectivity index (χ2n) is 6.06. The fourth-order valence-electron chi connectivity index (χ4n) is 2.67. The second kappa shape index (κ2) is 9.03. The molecule has 27 heavy (non-hydrogen) atoms. The molecule has 0 atom stereocenters. The third-order valence-corrected chi connectivity index (χ3v) is 6.21. The summed E-state index contributed by atoms with van der Waals surface area (Å²) >= 11 is 3.27. The topological polar surface area (TPSA) is 23.6 Å². The van der Waals surface area contributed by atoms with Gasteiger partial charge in [-0.3, -0.25) is 4.79 Å². The molecule has 1 aliphatic heterocycles. The van der Waals surface area contributed by atoms with Gasteiger partial charge in [0.2, 0.25) is 0 Å². The van der Waals surface area contributed by atoms with Crippen molar-refractivity contribution in [3.8, 4) is 0 Å². The number of carbonyl (C=O) groups is 1. The summed E-state index contributed by atoms with van der Waals surface area (Å²) in [5, 5.41) is 0. The van der Waals surface area contributed by atoms with Crippen LogP contribution in [-0.2, 0) is 10.5 Å². The summed E-state index contributed by atoms with van der Waals surface area (Å²) in [7, 11) is 0. The fraction of sp³-hybridized carbons (Fsp3) is 0.316. The molecule has 1 amide bonds. The third kappa shape index (κ3) is 5.92. The monoisotopic (exact) mass is 412 g/mol. The van der Waals surface area contributed by atoms with Crippen molar-refractivity contribution in [2.45, 2.75) is 21.7 Å². The number of nitrogens with zero attached hydrogens (tertiary/aromatic N) is 2. The number of thioether (sulfide) groups is 1. The van der Waals surface area contributed by atoms with E-state index in [1.54, 1.807) is 11.8 Å². The van der Waals surface area contributed by atoms with E-state index in [1.165, 1.54) is 17.5 Å². The number of rotatable bonds is 5. The van der Waals surface area contributed by atoms with E-state index in [9.17, 15) is 18.0 Å². The van der Waals surface area contributed by atoms with Gasteiger partial charge >= 0.3 is 12.1 Å². The molecule has 0 spiro atoms. The van der Waals surface area contributed by atoms with Gasteiger partial charge in [-0.15, -0.1) is 11.8 Å². The average Bonchev–Trinajstić information content (AvgIpc) is 2.67. The van der Waals surface area contributed by atoms with Crippen molar-refractivity contribution in [2.75, 3.05) is 26.2 Å². The zero-order valence-electron chi connectivity index (χ0n) is 14.5. The van der Waals surface area contributed by atoms with Gasteiger partial charge in [0.1, 0.15) is 0 Å². The lowest BCUT2D eigenvalue weighted by Gasteiger charge is -2.34. The molecule has 0 radical (unpaired) electrons. The molecule has 0 saturated carbocycles. The van der Waals surface area contributed by atoms with E-state index in [0.29, 0.717) is 13.1 Å². The minimum absolute atomic E-state index is 0.0911. The molecular formula is C19H19F3N2OS2. The van der Waals surface area contributed by atoms with Crippen LogP contribution in [0.5, 0.6) is 0 Å². The Balaban J connectivity index is 1.51. The van der Waals surface area contributed by atoms with Crippen LogP contribution < -0.4 is 0 Å². The van der Waals surface area contributed by atoms with Gasteiger partial charge in [0, 0.05) is 41.7 Å². The predicted octanol–water partition coefficient (Wildman–Crippen LogP) is 4.69. The van der Waals surface area contributed by atoms with E-state index in [1.807, 2.05) is 34.6 Å². The molecule has 1 fully saturated rings. The SMILES string of the molecule is O=C(N1CCN(Sc2cccc(SCc3ccccc3)c2)CC1)C(F)(F)F. The van der Waals surface area contributed by atoms with Crippen LogP contribution >= 0.6 is 23.7 Å². The van der Waals surface area contributed by atoms with Gasteiger partial charge in [0.15, 0.2) is 0 Å². The number of carbonyl (C=O) groups excluding carboxylic acids is 1. The van der Waals surface area contributed by atoms with Gasteiger partial charge in [0.25, 0.3) is 0 Å². The van der Waals surface area contributed by atoms with E-state index < -0.39 is 12.1 Å². The van der Waals surface area contributed by atoms with Crippen molar-refractivity contribution in [2.24, 2.45) is 0 Å². The van der Waals surface area contributed by atoms with Gasteiger partial charge in [-0.05, 0) is 35.7 Å². The largest absolute Gasteiger partial charge is 0.471 e. The minimum atomic E-state index is -4.79. The highest BCUT2D eigenvalue weighted by atomic mass is 32.2. The molecule has 1 saturated heterocycles. The fourth-order valence-corrected chi connectivity index (χ4v) is 4.62. The van der Waals surface area contributed by atoms with Crippen LogP contribution in [0, 0.1) is 0 Å². The number of halogens is 3. The Bertz CT molecular complexity index is 763. The first-order valence-corrected chi connectivity index (χ1v) is 10.2. The molecule has 1 heterocycles. The molecule has 1 aliphatic rings. The second-order valence-corrected chi connectivity index (χ2v) is 8.28. The van der Waals surface area contributed by atoms with Crippen LogP contribution in [0.4, 0.5) is 13.2 Å². The van der Waals surface area contributed by atoms with Crippen LogP contribution in [0.15, 0.2) is 64.4 Å². The maximum atomic E-state index is 12.5. The lowest BCUT2D eigenvalue weighted by Crippen LogP contribution is -2.50. The van der Waals surface area contributed by atoms with Crippen LogP contribution in [0.25, 0.3) is 0 Å². The number of hydrogen-bond acceptors (Lipinski definition) is 4. The average molecular weight is 413 g/mol. The van der Waals surface area contributed by atoms with Gasteiger partial charge in [-0.1, -0.05) is 36.4 Å². The van der Waals surface area contributed by atoms with Gasteiger partial charge in [-0.25, -0.2) is 4.31 Å².